The fraction of sp³-hybridized carbons (Fsp3) is 0.182. The van der Waals surface area contributed by atoms with E-state index in [1.807, 2.05) is 0 Å². The molecule has 0 radical (unpaired) electrons. The molecule has 2 rings (SSSR count). The minimum absolute atomic E-state index is 0.00176. The van der Waals surface area contributed by atoms with Crippen molar-refractivity contribution in [1.82, 2.24) is 15.0 Å². The lowest BCUT2D eigenvalue weighted by Crippen LogP contribution is -2.07. The second kappa shape index (κ2) is 4.52. The van der Waals surface area contributed by atoms with Gasteiger partial charge in [-0.1, -0.05) is 11.3 Å². The Hall–Kier alpha value is -2.31. The summed E-state index contributed by atoms with van der Waals surface area (Å²) < 4.78 is 27.4. The third-order valence-corrected chi connectivity index (χ3v) is 2.52. The number of benzene rings is 1. The van der Waals surface area contributed by atoms with Gasteiger partial charge in [0.25, 0.3) is 0 Å². The standard InChI is InChI=1S/C11H9F2N3O2/c1-6-10(11(17)18)14-15-16(6)5-7-2-3-8(12)4-9(7)13/h2-4H,5H2,1H3,(H,17,18). The molecular formula is C11H9F2N3O2. The molecule has 0 fully saturated rings. The van der Waals surface area contributed by atoms with Gasteiger partial charge in [0.15, 0.2) is 5.69 Å². The van der Waals surface area contributed by atoms with Crippen molar-refractivity contribution in [3.63, 3.8) is 0 Å². The molecule has 0 spiro atoms. The maximum absolute atomic E-state index is 13.4. The Balaban J connectivity index is 2.32. The molecule has 0 saturated carbocycles. The van der Waals surface area contributed by atoms with Crippen LogP contribution in [0, 0.1) is 18.6 Å². The SMILES string of the molecule is Cc1c(C(=O)O)nnn1Cc1ccc(F)cc1F. The number of aromatic nitrogens is 3. The van der Waals surface area contributed by atoms with E-state index in [1.54, 1.807) is 0 Å². The van der Waals surface area contributed by atoms with Crippen LogP contribution < -0.4 is 0 Å². The van der Waals surface area contributed by atoms with Crippen LogP contribution in [-0.2, 0) is 6.54 Å². The Morgan fingerprint density at radius 1 is 1.44 bits per heavy atom. The highest BCUT2D eigenvalue weighted by Gasteiger charge is 2.16. The molecule has 1 aromatic heterocycles. The van der Waals surface area contributed by atoms with Crippen LogP contribution >= 0.6 is 0 Å². The van der Waals surface area contributed by atoms with E-state index < -0.39 is 17.6 Å². The third kappa shape index (κ3) is 2.20. The summed E-state index contributed by atoms with van der Waals surface area (Å²) in [7, 11) is 0. The molecule has 0 aliphatic carbocycles. The van der Waals surface area contributed by atoms with Gasteiger partial charge in [0.05, 0.1) is 12.2 Å². The van der Waals surface area contributed by atoms with Crippen LogP contribution in [-0.4, -0.2) is 26.1 Å². The topological polar surface area (TPSA) is 68.0 Å². The average Bonchev–Trinajstić information content (AvgIpc) is 2.64. The van der Waals surface area contributed by atoms with E-state index in [2.05, 4.69) is 10.3 Å². The Kier molecular flexibility index (Phi) is 3.05. The zero-order valence-electron chi connectivity index (χ0n) is 9.39. The van der Waals surface area contributed by atoms with Crippen molar-refractivity contribution in [2.24, 2.45) is 0 Å². The quantitative estimate of drug-likeness (QED) is 0.902. The highest BCUT2D eigenvalue weighted by Crippen LogP contribution is 2.12. The van der Waals surface area contributed by atoms with Crippen molar-refractivity contribution in [3.8, 4) is 0 Å². The summed E-state index contributed by atoms with van der Waals surface area (Å²) in [6.07, 6.45) is 0. The maximum Gasteiger partial charge on any atom is 0.358 e. The molecule has 0 atom stereocenters. The van der Waals surface area contributed by atoms with Gasteiger partial charge in [-0.3, -0.25) is 0 Å². The summed E-state index contributed by atoms with van der Waals surface area (Å²) in [6.45, 7) is 1.52. The van der Waals surface area contributed by atoms with E-state index in [-0.39, 0.29) is 17.8 Å². The van der Waals surface area contributed by atoms with E-state index in [9.17, 15) is 13.6 Å². The van der Waals surface area contributed by atoms with Crippen molar-refractivity contribution >= 4 is 5.97 Å². The first-order valence-electron chi connectivity index (χ1n) is 5.06. The van der Waals surface area contributed by atoms with Crippen LogP contribution in [0.3, 0.4) is 0 Å². The molecule has 0 amide bonds. The lowest BCUT2D eigenvalue weighted by Gasteiger charge is -2.04. The normalized spacial score (nSPS) is 10.6. The Morgan fingerprint density at radius 3 is 2.72 bits per heavy atom. The molecule has 0 saturated heterocycles. The van der Waals surface area contributed by atoms with Gasteiger partial charge in [0.1, 0.15) is 11.6 Å². The number of aromatic carboxylic acids is 1. The zero-order valence-corrected chi connectivity index (χ0v) is 9.39. The summed E-state index contributed by atoms with van der Waals surface area (Å²) in [5, 5.41) is 15.9. The number of hydrogen-bond donors (Lipinski definition) is 1. The van der Waals surface area contributed by atoms with E-state index >= 15 is 0 Å². The second-order valence-electron chi connectivity index (χ2n) is 3.72. The predicted molar refractivity (Wildman–Crippen MR) is 57.2 cm³/mol. The minimum Gasteiger partial charge on any atom is -0.476 e. The first-order chi connectivity index (χ1) is 8.49. The molecule has 0 aliphatic rings. The second-order valence-corrected chi connectivity index (χ2v) is 3.72. The minimum atomic E-state index is -1.20. The van der Waals surface area contributed by atoms with Crippen molar-refractivity contribution in [2.75, 3.05) is 0 Å². The summed E-state index contributed by atoms with van der Waals surface area (Å²) in [5.74, 6) is -2.57. The van der Waals surface area contributed by atoms with Gasteiger partial charge < -0.3 is 5.11 Å². The average molecular weight is 253 g/mol. The summed E-state index contributed by atoms with van der Waals surface area (Å²) in [4.78, 5) is 10.8. The number of nitrogens with zero attached hydrogens (tertiary/aromatic N) is 3. The summed E-state index contributed by atoms with van der Waals surface area (Å²) in [5.41, 5.74) is 0.338. The first-order valence-corrected chi connectivity index (χ1v) is 5.06. The van der Waals surface area contributed by atoms with Gasteiger partial charge in [0.2, 0.25) is 0 Å². The molecular weight excluding hydrogens is 244 g/mol. The van der Waals surface area contributed by atoms with Crippen LogP contribution in [0.15, 0.2) is 18.2 Å². The van der Waals surface area contributed by atoms with Gasteiger partial charge >= 0.3 is 5.97 Å². The molecule has 0 unspecified atom stereocenters. The van der Waals surface area contributed by atoms with Crippen LogP contribution in [0.25, 0.3) is 0 Å². The number of carbonyl (C=O) groups is 1. The highest BCUT2D eigenvalue weighted by atomic mass is 19.1. The molecule has 2 aromatic rings. The molecule has 0 aliphatic heterocycles. The largest absolute Gasteiger partial charge is 0.476 e. The molecule has 1 heterocycles. The Labute approximate surface area is 101 Å². The van der Waals surface area contributed by atoms with Crippen LogP contribution in [0.4, 0.5) is 8.78 Å². The number of rotatable bonds is 3. The molecule has 94 valence electrons. The van der Waals surface area contributed by atoms with Crippen molar-refractivity contribution in [3.05, 3.63) is 46.8 Å². The molecule has 7 heteroatoms. The number of carboxylic acids is 1. The van der Waals surface area contributed by atoms with E-state index in [0.29, 0.717) is 5.69 Å². The third-order valence-electron chi connectivity index (χ3n) is 2.52. The molecule has 1 N–H and O–H groups in total. The Morgan fingerprint density at radius 2 is 2.17 bits per heavy atom. The molecule has 18 heavy (non-hydrogen) atoms. The van der Waals surface area contributed by atoms with E-state index in [0.717, 1.165) is 12.1 Å². The first kappa shape index (κ1) is 12.2. The maximum atomic E-state index is 13.4. The van der Waals surface area contributed by atoms with Gasteiger partial charge in [-0.15, -0.1) is 5.10 Å². The molecule has 0 bridgehead atoms. The fourth-order valence-corrected chi connectivity index (χ4v) is 1.52. The number of halogens is 2. The fourth-order valence-electron chi connectivity index (χ4n) is 1.52. The number of hydrogen-bond acceptors (Lipinski definition) is 3. The van der Waals surface area contributed by atoms with Gasteiger partial charge in [0, 0.05) is 11.6 Å². The van der Waals surface area contributed by atoms with E-state index in [4.69, 9.17) is 5.11 Å². The van der Waals surface area contributed by atoms with Gasteiger partial charge in [-0.2, -0.15) is 0 Å². The lowest BCUT2D eigenvalue weighted by molar-refractivity contribution is 0.0689. The van der Waals surface area contributed by atoms with Gasteiger partial charge in [-0.25, -0.2) is 18.3 Å². The van der Waals surface area contributed by atoms with E-state index in [1.165, 1.54) is 17.7 Å². The number of carboxylic acid groups (broad SMARTS) is 1. The smallest absolute Gasteiger partial charge is 0.358 e. The molecule has 1 aromatic carbocycles. The Bertz CT molecular complexity index is 610. The zero-order chi connectivity index (χ0) is 13.3. The van der Waals surface area contributed by atoms with Crippen molar-refractivity contribution < 1.29 is 18.7 Å². The monoisotopic (exact) mass is 253 g/mol. The van der Waals surface area contributed by atoms with Gasteiger partial charge in [-0.05, 0) is 13.0 Å². The van der Waals surface area contributed by atoms with Crippen LogP contribution in [0.5, 0.6) is 0 Å². The molecule has 5 nitrogen and oxygen atoms in total. The van der Waals surface area contributed by atoms with Crippen molar-refractivity contribution in [1.29, 1.82) is 0 Å². The van der Waals surface area contributed by atoms with Crippen LogP contribution in [0.2, 0.25) is 0 Å². The predicted octanol–water partition coefficient (Wildman–Crippen LogP) is 1.61. The van der Waals surface area contributed by atoms with Crippen molar-refractivity contribution in [2.45, 2.75) is 13.5 Å². The van der Waals surface area contributed by atoms with Crippen LogP contribution in [0.1, 0.15) is 21.7 Å². The summed E-state index contributed by atoms with van der Waals surface area (Å²) in [6, 6.07) is 3.18. The lowest BCUT2D eigenvalue weighted by atomic mass is 10.2. The summed E-state index contributed by atoms with van der Waals surface area (Å²) >= 11 is 0. The highest BCUT2D eigenvalue weighted by molar-refractivity contribution is 5.86.